The molecule has 1 unspecified atom stereocenters. The molecule has 156 valence electrons. The summed E-state index contributed by atoms with van der Waals surface area (Å²) in [7, 11) is 5.17. The third-order valence-electron chi connectivity index (χ3n) is 6.48. The molecule has 2 aromatic rings. The zero-order valence-corrected chi connectivity index (χ0v) is 19.3. The van der Waals surface area contributed by atoms with Crippen LogP contribution in [0.4, 0.5) is 0 Å². The predicted molar refractivity (Wildman–Crippen MR) is 124 cm³/mol. The van der Waals surface area contributed by atoms with Crippen LogP contribution in [0.3, 0.4) is 0 Å². The molecule has 0 amide bonds. The van der Waals surface area contributed by atoms with Crippen LogP contribution in [-0.2, 0) is 0 Å². The van der Waals surface area contributed by atoms with Gasteiger partial charge in [-0.1, -0.05) is 26.7 Å². The van der Waals surface area contributed by atoms with E-state index in [0.717, 1.165) is 11.6 Å². The topological polar surface area (TPSA) is 23.8 Å². The van der Waals surface area contributed by atoms with Gasteiger partial charge in [-0.2, -0.15) is 0 Å². The highest BCUT2D eigenvalue weighted by Gasteiger charge is 2.25. The minimum Gasteiger partial charge on any atom is -0.307 e. The van der Waals surface area contributed by atoms with Crippen LogP contribution in [0.5, 0.6) is 0 Å². The normalized spacial score (nSPS) is 20.3. The molecule has 0 bridgehead atoms. The molecule has 2 aliphatic rings. The first kappa shape index (κ1) is 21.7. The zero-order valence-electron chi connectivity index (χ0n) is 18.1. The minimum absolute atomic E-state index is 0.693. The van der Waals surface area contributed by atoms with Crippen molar-refractivity contribution in [1.82, 2.24) is 19.2 Å². The largest absolute Gasteiger partial charge is 0.307 e. The molecule has 2 aliphatic heterocycles. The van der Waals surface area contributed by atoms with Crippen LogP contribution in [0.25, 0.3) is 5.65 Å². The van der Waals surface area contributed by atoms with Crippen molar-refractivity contribution in [2.24, 2.45) is 5.92 Å². The van der Waals surface area contributed by atoms with Gasteiger partial charge in [-0.3, -0.25) is 0 Å². The molecule has 0 aromatic carbocycles. The Morgan fingerprint density at radius 3 is 2.36 bits per heavy atom. The second kappa shape index (κ2) is 10.7. The molecular weight excluding hydrogens is 363 g/mol. The van der Waals surface area contributed by atoms with Crippen LogP contribution in [-0.4, -0.2) is 59.0 Å². The van der Waals surface area contributed by atoms with Crippen LogP contribution in [0.15, 0.2) is 24.7 Å². The summed E-state index contributed by atoms with van der Waals surface area (Å²) in [6.45, 7) is 10.7. The summed E-state index contributed by atoms with van der Waals surface area (Å²) >= 11 is 0. The molecule has 0 saturated carbocycles. The fourth-order valence-electron chi connectivity index (χ4n) is 4.37. The highest BCUT2D eigenvalue weighted by molar-refractivity contribution is 7.27. The van der Waals surface area contributed by atoms with Gasteiger partial charge in [-0.05, 0) is 87.7 Å². The van der Waals surface area contributed by atoms with Crippen molar-refractivity contribution in [3.05, 3.63) is 30.2 Å². The molecule has 0 aliphatic carbocycles. The summed E-state index contributed by atoms with van der Waals surface area (Å²) in [4.78, 5) is 9.57. The van der Waals surface area contributed by atoms with Crippen molar-refractivity contribution < 1.29 is 0 Å². The van der Waals surface area contributed by atoms with E-state index < -0.39 is 0 Å². The molecule has 0 N–H and O–H groups in total. The van der Waals surface area contributed by atoms with Crippen LogP contribution in [0, 0.1) is 5.92 Å². The van der Waals surface area contributed by atoms with Crippen LogP contribution in [0.2, 0.25) is 0 Å². The maximum Gasteiger partial charge on any atom is 0.137 e. The lowest BCUT2D eigenvalue weighted by atomic mass is 9.89. The van der Waals surface area contributed by atoms with E-state index >= 15 is 0 Å². The number of nitrogens with zero attached hydrogens (tertiary/aromatic N) is 4. The van der Waals surface area contributed by atoms with E-state index in [1.165, 1.54) is 82.1 Å². The van der Waals surface area contributed by atoms with Crippen molar-refractivity contribution in [2.45, 2.75) is 58.3 Å². The Kier molecular flexibility index (Phi) is 8.32. The third-order valence-corrected chi connectivity index (χ3v) is 6.98. The van der Waals surface area contributed by atoms with E-state index in [9.17, 15) is 0 Å². The van der Waals surface area contributed by atoms with Crippen LogP contribution in [0.1, 0.15) is 63.9 Å². The summed E-state index contributed by atoms with van der Waals surface area (Å²) in [5, 5.41) is 1.32. The SMILES string of the molecule is CCCC.CN1CCC(CN2CCC(c3cn4ccnc4cc3P)CC2)CC1. The molecule has 4 rings (SSSR count). The lowest BCUT2D eigenvalue weighted by Gasteiger charge is -2.37. The fourth-order valence-corrected chi connectivity index (χ4v) is 4.83. The molecular formula is C23H39N4P. The van der Waals surface area contributed by atoms with E-state index in [0.29, 0.717) is 5.92 Å². The number of aromatic nitrogens is 2. The van der Waals surface area contributed by atoms with Gasteiger partial charge < -0.3 is 14.2 Å². The number of piperidine rings is 2. The Labute approximate surface area is 173 Å². The van der Waals surface area contributed by atoms with Crippen molar-refractivity contribution in [3.8, 4) is 0 Å². The summed E-state index contributed by atoms with van der Waals surface area (Å²) < 4.78 is 2.16. The van der Waals surface area contributed by atoms with Gasteiger partial charge >= 0.3 is 0 Å². The monoisotopic (exact) mass is 402 g/mol. The van der Waals surface area contributed by atoms with Crippen molar-refractivity contribution in [3.63, 3.8) is 0 Å². The lowest BCUT2D eigenvalue weighted by Crippen LogP contribution is -2.40. The molecule has 4 heterocycles. The van der Waals surface area contributed by atoms with Gasteiger partial charge in [-0.25, -0.2) is 4.98 Å². The van der Waals surface area contributed by atoms with Crippen LogP contribution < -0.4 is 5.30 Å². The van der Waals surface area contributed by atoms with Crippen molar-refractivity contribution >= 4 is 20.2 Å². The number of imidazole rings is 1. The minimum atomic E-state index is 0.693. The number of fused-ring (bicyclic) bond motifs is 1. The van der Waals surface area contributed by atoms with Gasteiger partial charge in [0, 0.05) is 25.1 Å². The van der Waals surface area contributed by atoms with Gasteiger partial charge in [0.2, 0.25) is 0 Å². The quantitative estimate of drug-likeness (QED) is 0.718. The number of unbranched alkanes of at least 4 members (excludes halogenated alkanes) is 1. The maximum atomic E-state index is 4.39. The molecule has 5 heteroatoms. The third kappa shape index (κ3) is 5.78. The average molecular weight is 403 g/mol. The summed E-state index contributed by atoms with van der Waals surface area (Å²) in [5.74, 6) is 1.61. The molecule has 2 fully saturated rings. The summed E-state index contributed by atoms with van der Waals surface area (Å²) in [6, 6.07) is 2.20. The molecule has 0 spiro atoms. The number of hydrogen-bond acceptors (Lipinski definition) is 3. The van der Waals surface area contributed by atoms with Gasteiger partial charge in [0.1, 0.15) is 5.65 Å². The van der Waals surface area contributed by atoms with E-state index in [-0.39, 0.29) is 0 Å². The Bertz CT molecular complexity index is 710. The summed E-state index contributed by atoms with van der Waals surface area (Å²) in [5.41, 5.74) is 2.54. The number of pyridine rings is 1. The Morgan fingerprint density at radius 1 is 1.04 bits per heavy atom. The molecule has 1 atom stereocenters. The van der Waals surface area contributed by atoms with Crippen LogP contribution >= 0.6 is 9.24 Å². The summed E-state index contributed by atoms with van der Waals surface area (Å²) in [6.07, 6.45) is 14.2. The number of hydrogen-bond donors (Lipinski definition) is 0. The number of rotatable bonds is 4. The first-order valence-electron chi connectivity index (χ1n) is 11.2. The standard InChI is InChI=1S/C19H29N4P.C4H10/c1-21-7-2-15(3-8-21)13-22-9-4-16(5-10-22)17-14-23-11-6-20-19(23)12-18(17)24;1-3-4-2/h6,11-12,14-16H,2-5,7-10,13,24H2,1H3;3-4H2,1-2H3. The van der Waals surface area contributed by atoms with E-state index in [4.69, 9.17) is 0 Å². The Morgan fingerprint density at radius 2 is 1.71 bits per heavy atom. The molecule has 28 heavy (non-hydrogen) atoms. The van der Waals surface area contributed by atoms with Gasteiger partial charge in [0.05, 0.1) is 0 Å². The predicted octanol–water partition coefficient (Wildman–Crippen LogP) is 4.16. The fraction of sp³-hybridized carbons (Fsp3) is 0.696. The molecule has 2 saturated heterocycles. The van der Waals surface area contributed by atoms with Crippen molar-refractivity contribution in [2.75, 3.05) is 39.8 Å². The lowest BCUT2D eigenvalue weighted by molar-refractivity contribution is 0.139. The highest BCUT2D eigenvalue weighted by Crippen LogP contribution is 2.29. The van der Waals surface area contributed by atoms with Gasteiger partial charge in [0.15, 0.2) is 0 Å². The van der Waals surface area contributed by atoms with Crippen molar-refractivity contribution in [1.29, 1.82) is 0 Å². The number of likely N-dealkylation sites (tertiary alicyclic amines) is 2. The van der Waals surface area contributed by atoms with E-state index in [1.54, 1.807) is 0 Å². The van der Waals surface area contributed by atoms with E-state index in [1.807, 2.05) is 6.20 Å². The second-order valence-corrected chi connectivity index (χ2v) is 9.32. The maximum absolute atomic E-state index is 4.39. The first-order chi connectivity index (χ1) is 13.6. The van der Waals surface area contributed by atoms with E-state index in [2.05, 4.69) is 67.8 Å². The first-order valence-corrected chi connectivity index (χ1v) is 11.8. The molecule has 0 radical (unpaired) electrons. The second-order valence-electron chi connectivity index (χ2n) is 8.70. The Hall–Kier alpha value is -0.960. The molecule has 2 aromatic heterocycles. The zero-order chi connectivity index (χ0) is 19.9. The Balaban J connectivity index is 0.000000516. The average Bonchev–Trinajstić information content (AvgIpc) is 3.17. The highest BCUT2D eigenvalue weighted by atomic mass is 31.0. The van der Waals surface area contributed by atoms with Gasteiger partial charge in [0.25, 0.3) is 0 Å². The van der Waals surface area contributed by atoms with Gasteiger partial charge in [-0.15, -0.1) is 9.24 Å². The smallest absolute Gasteiger partial charge is 0.137 e. The molecule has 4 nitrogen and oxygen atoms in total.